The third kappa shape index (κ3) is 5.08. The average molecular weight is 498 g/mol. The number of hydrogen-bond donors (Lipinski definition) is 3. The molecule has 0 spiro atoms. The first-order valence-electron chi connectivity index (χ1n) is 10.1. The van der Waals surface area contributed by atoms with Gasteiger partial charge in [0, 0.05) is 29.2 Å². The van der Waals surface area contributed by atoms with Crippen LogP contribution in [0.2, 0.25) is 0 Å². The lowest BCUT2D eigenvalue weighted by molar-refractivity contribution is -0.143. The number of rotatable bonds is 5. The summed E-state index contributed by atoms with van der Waals surface area (Å²) in [6.45, 7) is -0.896. The van der Waals surface area contributed by atoms with E-state index in [1.165, 1.54) is 0 Å². The van der Waals surface area contributed by atoms with Crippen molar-refractivity contribution in [2.75, 3.05) is 11.9 Å². The number of nitrogens with zero attached hydrogens (tertiary/aromatic N) is 1. The molecule has 184 valence electrons. The summed E-state index contributed by atoms with van der Waals surface area (Å²) in [5.74, 6) is -1.90. The molecule has 13 heteroatoms. The smallest absolute Gasteiger partial charge is 0.361 e. The van der Waals surface area contributed by atoms with Gasteiger partial charge in [-0.1, -0.05) is 18.2 Å². The van der Waals surface area contributed by atoms with E-state index in [4.69, 9.17) is 0 Å². The number of carbonyl (C=O) groups is 3. The molecule has 7 nitrogen and oxygen atoms in total. The maximum atomic E-state index is 13.0. The first kappa shape index (κ1) is 24.1. The van der Waals surface area contributed by atoms with Gasteiger partial charge in [-0.3, -0.25) is 14.5 Å². The zero-order valence-electron chi connectivity index (χ0n) is 17.6. The van der Waals surface area contributed by atoms with Crippen LogP contribution in [-0.2, 0) is 28.4 Å². The van der Waals surface area contributed by atoms with E-state index in [-0.39, 0.29) is 12.5 Å². The van der Waals surface area contributed by atoms with Crippen LogP contribution in [-0.4, -0.2) is 40.3 Å². The van der Waals surface area contributed by atoms with E-state index in [1.54, 1.807) is 12.3 Å². The predicted molar refractivity (Wildman–Crippen MR) is 111 cm³/mol. The molecule has 35 heavy (non-hydrogen) atoms. The number of alkyl halides is 6. The van der Waals surface area contributed by atoms with Crippen LogP contribution in [0.4, 0.5) is 36.8 Å². The minimum Gasteiger partial charge on any atom is -0.361 e. The van der Waals surface area contributed by atoms with Crippen molar-refractivity contribution in [2.24, 2.45) is 0 Å². The van der Waals surface area contributed by atoms with Crippen LogP contribution in [0.15, 0.2) is 48.7 Å². The number of aromatic nitrogens is 1. The van der Waals surface area contributed by atoms with E-state index in [0.717, 1.165) is 16.5 Å². The number of imide groups is 1. The Morgan fingerprint density at radius 3 is 2.23 bits per heavy atom. The standard InChI is InChI=1S/C22H16F6N4O3/c23-21(24,25)12-6-13(22(26,27)28)8-14(7-12)30-18(33)10-32-19(34)17(31-20(32)35)5-11-9-29-16-4-2-1-3-15(11)16/h1-4,6-9,17,29H,5,10H2,(H,30,33)(H,31,35)/t17-/m1/s1. The topological polar surface area (TPSA) is 94.3 Å². The lowest BCUT2D eigenvalue weighted by Crippen LogP contribution is -2.38. The van der Waals surface area contributed by atoms with E-state index >= 15 is 0 Å². The van der Waals surface area contributed by atoms with Crippen LogP contribution in [0.1, 0.15) is 16.7 Å². The van der Waals surface area contributed by atoms with E-state index in [0.29, 0.717) is 17.0 Å². The lowest BCUT2D eigenvalue weighted by Gasteiger charge is -2.16. The Hall–Kier alpha value is -4.03. The van der Waals surface area contributed by atoms with Gasteiger partial charge in [0.2, 0.25) is 5.91 Å². The predicted octanol–water partition coefficient (Wildman–Crippen LogP) is 4.31. The van der Waals surface area contributed by atoms with Crippen molar-refractivity contribution in [3.63, 3.8) is 0 Å². The molecule has 1 aliphatic heterocycles. The van der Waals surface area contributed by atoms with Crippen molar-refractivity contribution in [1.29, 1.82) is 0 Å². The molecule has 0 radical (unpaired) electrons. The number of urea groups is 1. The van der Waals surface area contributed by atoms with Crippen LogP contribution >= 0.6 is 0 Å². The molecular formula is C22H16F6N4O3. The molecule has 2 aromatic carbocycles. The Labute approximate surface area is 193 Å². The molecule has 1 aliphatic rings. The Bertz CT molecular complexity index is 1280. The second kappa shape index (κ2) is 8.64. The Morgan fingerprint density at radius 1 is 0.971 bits per heavy atom. The van der Waals surface area contributed by atoms with E-state index in [1.807, 2.05) is 23.5 Å². The van der Waals surface area contributed by atoms with Crippen molar-refractivity contribution >= 4 is 34.4 Å². The summed E-state index contributed by atoms with van der Waals surface area (Å²) in [4.78, 5) is 40.9. The number of halogens is 6. The van der Waals surface area contributed by atoms with E-state index in [2.05, 4.69) is 10.3 Å². The van der Waals surface area contributed by atoms with Crippen molar-refractivity contribution in [3.8, 4) is 0 Å². The maximum absolute atomic E-state index is 13.0. The largest absolute Gasteiger partial charge is 0.416 e. The second-order valence-corrected chi connectivity index (χ2v) is 7.83. The number of nitrogens with one attached hydrogen (secondary N) is 3. The fourth-order valence-electron chi connectivity index (χ4n) is 3.76. The van der Waals surface area contributed by atoms with Gasteiger partial charge in [-0.2, -0.15) is 26.3 Å². The number of aromatic amines is 1. The van der Waals surface area contributed by atoms with E-state index < -0.39 is 59.6 Å². The zero-order valence-corrected chi connectivity index (χ0v) is 17.6. The molecule has 4 rings (SSSR count). The SMILES string of the molecule is O=C(CN1C(=O)N[C@H](Cc2c[nH]c3ccccc23)C1=O)Nc1cc(C(F)(F)F)cc(C(F)(F)F)c1. The monoisotopic (exact) mass is 498 g/mol. The minimum atomic E-state index is -5.10. The molecule has 1 aromatic heterocycles. The average Bonchev–Trinajstić information content (AvgIpc) is 3.28. The molecule has 0 unspecified atom stereocenters. The molecule has 0 bridgehead atoms. The van der Waals surface area contributed by atoms with Gasteiger partial charge in [-0.05, 0) is 29.8 Å². The van der Waals surface area contributed by atoms with Crippen LogP contribution in [0.5, 0.6) is 0 Å². The van der Waals surface area contributed by atoms with Gasteiger partial charge >= 0.3 is 18.4 Å². The molecule has 3 aromatic rings. The fraction of sp³-hybridized carbons (Fsp3) is 0.227. The number of carbonyl (C=O) groups excluding carboxylic acids is 3. The summed E-state index contributed by atoms with van der Waals surface area (Å²) in [7, 11) is 0. The van der Waals surface area contributed by atoms with Crippen molar-refractivity contribution in [1.82, 2.24) is 15.2 Å². The van der Waals surface area contributed by atoms with Gasteiger partial charge in [-0.15, -0.1) is 0 Å². The molecular weight excluding hydrogens is 482 g/mol. The molecule has 1 fully saturated rings. The van der Waals surface area contributed by atoms with Crippen molar-refractivity contribution < 1.29 is 40.7 Å². The van der Waals surface area contributed by atoms with Crippen LogP contribution in [0.3, 0.4) is 0 Å². The summed E-state index contributed by atoms with van der Waals surface area (Å²) >= 11 is 0. The van der Waals surface area contributed by atoms with Gasteiger partial charge in [0.05, 0.1) is 11.1 Å². The number of para-hydroxylation sites is 1. The zero-order chi connectivity index (χ0) is 25.5. The first-order chi connectivity index (χ1) is 16.3. The fourth-order valence-corrected chi connectivity index (χ4v) is 3.76. The Balaban J connectivity index is 1.47. The van der Waals surface area contributed by atoms with Gasteiger partial charge in [0.15, 0.2) is 0 Å². The molecule has 1 saturated heterocycles. The summed E-state index contributed by atoms with van der Waals surface area (Å²) in [6.07, 6.45) is -8.41. The summed E-state index contributed by atoms with van der Waals surface area (Å²) in [5.41, 5.74) is -2.46. The highest BCUT2D eigenvalue weighted by Crippen LogP contribution is 2.37. The van der Waals surface area contributed by atoms with E-state index in [9.17, 15) is 40.7 Å². The number of benzene rings is 2. The van der Waals surface area contributed by atoms with Crippen molar-refractivity contribution in [3.05, 3.63) is 65.4 Å². The highest BCUT2D eigenvalue weighted by atomic mass is 19.4. The number of anilines is 1. The van der Waals surface area contributed by atoms with Gasteiger partial charge in [0.25, 0.3) is 5.91 Å². The number of hydrogen-bond acceptors (Lipinski definition) is 3. The minimum absolute atomic E-state index is 0.0809. The van der Waals surface area contributed by atoms with Crippen molar-refractivity contribution in [2.45, 2.75) is 24.8 Å². The summed E-state index contributed by atoms with van der Waals surface area (Å²) in [6, 6.07) is 5.92. The highest BCUT2D eigenvalue weighted by Gasteiger charge is 2.40. The lowest BCUT2D eigenvalue weighted by atomic mass is 10.1. The van der Waals surface area contributed by atoms with Crippen LogP contribution < -0.4 is 10.6 Å². The van der Waals surface area contributed by atoms with Gasteiger partial charge < -0.3 is 15.6 Å². The quantitative estimate of drug-likeness (QED) is 0.362. The third-order valence-corrected chi connectivity index (χ3v) is 5.38. The summed E-state index contributed by atoms with van der Waals surface area (Å²) in [5, 5.41) is 5.16. The number of fused-ring (bicyclic) bond motifs is 1. The molecule has 0 saturated carbocycles. The Morgan fingerprint density at radius 2 is 1.60 bits per heavy atom. The number of amides is 4. The normalized spacial score (nSPS) is 16.6. The molecule has 1 atom stereocenters. The highest BCUT2D eigenvalue weighted by molar-refractivity contribution is 6.08. The van der Waals surface area contributed by atoms with Crippen LogP contribution in [0, 0.1) is 0 Å². The number of H-pyrrole nitrogens is 1. The van der Waals surface area contributed by atoms with Gasteiger partial charge in [0.1, 0.15) is 12.6 Å². The molecule has 3 N–H and O–H groups in total. The van der Waals surface area contributed by atoms with Crippen LogP contribution in [0.25, 0.3) is 10.9 Å². The Kier molecular flexibility index (Phi) is 5.95. The molecule has 0 aliphatic carbocycles. The summed E-state index contributed by atoms with van der Waals surface area (Å²) < 4.78 is 78.1. The third-order valence-electron chi connectivity index (χ3n) is 5.38. The first-order valence-corrected chi connectivity index (χ1v) is 10.1. The van der Waals surface area contributed by atoms with Gasteiger partial charge in [-0.25, -0.2) is 4.79 Å². The molecule has 2 heterocycles. The second-order valence-electron chi connectivity index (χ2n) is 7.83. The maximum Gasteiger partial charge on any atom is 0.416 e. The molecule has 4 amide bonds.